The quantitative estimate of drug-likeness (QED) is 0.577. The summed E-state index contributed by atoms with van der Waals surface area (Å²) in [5, 5.41) is 2.71. The van der Waals surface area contributed by atoms with Gasteiger partial charge in [0.05, 0.1) is 5.75 Å². The van der Waals surface area contributed by atoms with Crippen LogP contribution in [-0.4, -0.2) is 21.6 Å². The van der Waals surface area contributed by atoms with Gasteiger partial charge in [0, 0.05) is 27.5 Å². The van der Waals surface area contributed by atoms with Gasteiger partial charge in [-0.1, -0.05) is 65.7 Å². The molecule has 0 heterocycles. The van der Waals surface area contributed by atoms with E-state index in [-0.39, 0.29) is 18.9 Å². The Bertz CT molecular complexity index is 997. The van der Waals surface area contributed by atoms with Crippen LogP contribution in [0.4, 0.5) is 0 Å². The molecule has 0 atom stereocenters. The van der Waals surface area contributed by atoms with Crippen LogP contribution in [0.15, 0.2) is 60.7 Å². The summed E-state index contributed by atoms with van der Waals surface area (Å²) in [6, 6.07) is 18.5. The maximum atomic E-state index is 12.2. The zero-order valence-electron chi connectivity index (χ0n) is 13.8. The standard InChI is InChI=1S/C19H17Cl2NO3S/c20-17-8-4-9-18(21)16(17)13-26(23,24)22-11-12-25-19-10-3-6-14-5-1-2-7-15(14)19/h1-10,22H,11-13H2. The molecular formula is C19H17Cl2NO3S. The monoisotopic (exact) mass is 409 g/mol. The van der Waals surface area contributed by atoms with Crippen LogP contribution in [-0.2, 0) is 15.8 Å². The molecule has 0 saturated carbocycles. The summed E-state index contributed by atoms with van der Waals surface area (Å²) in [6.07, 6.45) is 0. The van der Waals surface area contributed by atoms with E-state index in [1.165, 1.54) is 0 Å². The normalized spacial score (nSPS) is 11.6. The van der Waals surface area contributed by atoms with Crippen molar-refractivity contribution in [3.63, 3.8) is 0 Å². The molecular weight excluding hydrogens is 393 g/mol. The lowest BCUT2D eigenvalue weighted by molar-refractivity contribution is 0.326. The molecule has 0 fully saturated rings. The minimum atomic E-state index is -3.58. The number of rotatable bonds is 7. The Kier molecular flexibility index (Phi) is 6.04. The molecule has 136 valence electrons. The van der Waals surface area contributed by atoms with Gasteiger partial charge in [0.15, 0.2) is 0 Å². The third kappa shape index (κ3) is 4.68. The number of nitrogens with one attached hydrogen (secondary N) is 1. The Morgan fingerprint density at radius 3 is 2.31 bits per heavy atom. The molecule has 0 radical (unpaired) electrons. The Hall–Kier alpha value is -1.79. The lowest BCUT2D eigenvalue weighted by atomic mass is 10.1. The molecule has 0 aliphatic heterocycles. The molecule has 7 heteroatoms. The first-order valence-electron chi connectivity index (χ1n) is 7.97. The third-order valence-electron chi connectivity index (χ3n) is 3.83. The molecule has 26 heavy (non-hydrogen) atoms. The van der Waals surface area contributed by atoms with Crippen molar-refractivity contribution in [1.29, 1.82) is 0 Å². The van der Waals surface area contributed by atoms with Crippen molar-refractivity contribution in [2.75, 3.05) is 13.2 Å². The number of sulfonamides is 1. The van der Waals surface area contributed by atoms with Gasteiger partial charge in [0.25, 0.3) is 0 Å². The second-order valence-electron chi connectivity index (χ2n) is 5.68. The van der Waals surface area contributed by atoms with Gasteiger partial charge in [0.2, 0.25) is 10.0 Å². The van der Waals surface area contributed by atoms with E-state index in [9.17, 15) is 8.42 Å². The molecule has 0 bridgehead atoms. The molecule has 0 unspecified atom stereocenters. The van der Waals surface area contributed by atoms with E-state index in [1.807, 2.05) is 42.5 Å². The molecule has 0 aliphatic rings. The summed E-state index contributed by atoms with van der Waals surface area (Å²) in [5.74, 6) is 0.441. The fraction of sp³-hybridized carbons (Fsp3) is 0.158. The van der Waals surface area contributed by atoms with Crippen LogP contribution >= 0.6 is 23.2 Å². The maximum Gasteiger partial charge on any atom is 0.216 e. The van der Waals surface area contributed by atoms with E-state index in [4.69, 9.17) is 27.9 Å². The lowest BCUT2D eigenvalue weighted by Gasteiger charge is -2.11. The van der Waals surface area contributed by atoms with Gasteiger partial charge in [-0.2, -0.15) is 0 Å². The SMILES string of the molecule is O=S(=O)(Cc1c(Cl)cccc1Cl)NCCOc1cccc2ccccc12. The van der Waals surface area contributed by atoms with E-state index in [2.05, 4.69) is 4.72 Å². The molecule has 0 aromatic heterocycles. The van der Waals surface area contributed by atoms with Crippen molar-refractivity contribution in [3.05, 3.63) is 76.3 Å². The summed E-state index contributed by atoms with van der Waals surface area (Å²) >= 11 is 12.1. The molecule has 0 aliphatic carbocycles. The molecule has 0 amide bonds. The number of fused-ring (bicyclic) bond motifs is 1. The van der Waals surface area contributed by atoms with Crippen molar-refractivity contribution in [2.45, 2.75) is 5.75 Å². The van der Waals surface area contributed by atoms with E-state index in [0.29, 0.717) is 15.6 Å². The summed E-state index contributed by atoms with van der Waals surface area (Å²) < 4.78 is 32.7. The van der Waals surface area contributed by atoms with E-state index in [1.54, 1.807) is 18.2 Å². The van der Waals surface area contributed by atoms with Crippen molar-refractivity contribution >= 4 is 44.0 Å². The number of ether oxygens (including phenoxy) is 1. The minimum Gasteiger partial charge on any atom is -0.492 e. The second kappa shape index (κ2) is 8.27. The zero-order chi connectivity index (χ0) is 18.6. The lowest BCUT2D eigenvalue weighted by Crippen LogP contribution is -2.29. The van der Waals surface area contributed by atoms with E-state index in [0.717, 1.165) is 16.5 Å². The van der Waals surface area contributed by atoms with Gasteiger partial charge in [-0.05, 0) is 23.6 Å². The number of benzene rings is 3. The van der Waals surface area contributed by atoms with Crippen molar-refractivity contribution in [1.82, 2.24) is 4.72 Å². The number of hydrogen-bond donors (Lipinski definition) is 1. The van der Waals surface area contributed by atoms with Crippen LogP contribution in [0.25, 0.3) is 10.8 Å². The van der Waals surface area contributed by atoms with Gasteiger partial charge in [-0.15, -0.1) is 0 Å². The fourth-order valence-electron chi connectivity index (χ4n) is 2.59. The molecule has 3 rings (SSSR count). The van der Waals surface area contributed by atoms with Crippen molar-refractivity contribution in [3.8, 4) is 5.75 Å². The van der Waals surface area contributed by atoms with E-state index >= 15 is 0 Å². The Labute approximate surface area is 162 Å². The first kappa shape index (κ1) is 19.0. The van der Waals surface area contributed by atoms with Crippen LogP contribution in [0.5, 0.6) is 5.75 Å². The molecule has 4 nitrogen and oxygen atoms in total. The van der Waals surface area contributed by atoms with Crippen LogP contribution in [0.1, 0.15) is 5.56 Å². The van der Waals surface area contributed by atoms with E-state index < -0.39 is 10.0 Å². The fourth-order valence-corrected chi connectivity index (χ4v) is 4.47. The van der Waals surface area contributed by atoms with Crippen LogP contribution < -0.4 is 9.46 Å². The Morgan fingerprint density at radius 2 is 1.54 bits per heavy atom. The number of halogens is 2. The largest absolute Gasteiger partial charge is 0.492 e. The smallest absolute Gasteiger partial charge is 0.216 e. The van der Waals surface area contributed by atoms with Gasteiger partial charge >= 0.3 is 0 Å². The summed E-state index contributed by atoms with van der Waals surface area (Å²) in [6.45, 7) is 0.358. The van der Waals surface area contributed by atoms with Gasteiger partial charge in [-0.25, -0.2) is 13.1 Å². The summed E-state index contributed by atoms with van der Waals surface area (Å²) in [5.41, 5.74) is 0.387. The van der Waals surface area contributed by atoms with Gasteiger partial charge in [-0.3, -0.25) is 0 Å². The highest BCUT2D eigenvalue weighted by Crippen LogP contribution is 2.26. The summed E-state index contributed by atoms with van der Waals surface area (Å²) in [7, 11) is -3.58. The topological polar surface area (TPSA) is 55.4 Å². The highest BCUT2D eigenvalue weighted by Gasteiger charge is 2.16. The van der Waals surface area contributed by atoms with Gasteiger partial charge < -0.3 is 4.74 Å². The average Bonchev–Trinajstić information content (AvgIpc) is 2.62. The first-order valence-corrected chi connectivity index (χ1v) is 10.4. The highest BCUT2D eigenvalue weighted by molar-refractivity contribution is 7.88. The number of hydrogen-bond acceptors (Lipinski definition) is 3. The third-order valence-corrected chi connectivity index (χ3v) is 5.85. The summed E-state index contributed by atoms with van der Waals surface area (Å²) in [4.78, 5) is 0. The predicted octanol–water partition coefficient (Wildman–Crippen LogP) is 4.65. The second-order valence-corrected chi connectivity index (χ2v) is 8.30. The molecule has 3 aromatic carbocycles. The van der Waals surface area contributed by atoms with Crippen LogP contribution in [0.2, 0.25) is 10.0 Å². The van der Waals surface area contributed by atoms with Crippen LogP contribution in [0, 0.1) is 0 Å². The van der Waals surface area contributed by atoms with Crippen molar-refractivity contribution in [2.24, 2.45) is 0 Å². The minimum absolute atomic E-state index is 0.146. The van der Waals surface area contributed by atoms with Crippen molar-refractivity contribution < 1.29 is 13.2 Å². The Morgan fingerprint density at radius 1 is 0.885 bits per heavy atom. The Balaban J connectivity index is 1.59. The van der Waals surface area contributed by atoms with Gasteiger partial charge in [0.1, 0.15) is 12.4 Å². The first-order chi connectivity index (χ1) is 12.5. The predicted molar refractivity (Wildman–Crippen MR) is 107 cm³/mol. The maximum absolute atomic E-state index is 12.2. The molecule has 0 spiro atoms. The molecule has 3 aromatic rings. The molecule has 0 saturated heterocycles. The molecule has 1 N–H and O–H groups in total. The average molecular weight is 410 g/mol. The van der Waals surface area contributed by atoms with Crippen LogP contribution in [0.3, 0.4) is 0 Å². The highest BCUT2D eigenvalue weighted by atomic mass is 35.5. The zero-order valence-corrected chi connectivity index (χ0v) is 16.1.